The van der Waals surface area contributed by atoms with Crippen LogP contribution in [0.3, 0.4) is 0 Å². The molecule has 5 heterocycles. The number of halogens is 1. The van der Waals surface area contributed by atoms with E-state index in [1.54, 1.807) is 24.2 Å². The first-order valence-corrected chi connectivity index (χ1v) is 22.3. The fourth-order valence-electron chi connectivity index (χ4n) is 6.34. The van der Waals surface area contributed by atoms with Crippen molar-refractivity contribution in [3.8, 4) is 0 Å². The second-order valence-corrected chi connectivity index (χ2v) is 19.1. The molecule has 0 bridgehead atoms. The number of aromatic nitrogens is 4. The minimum Gasteiger partial charge on any atom is -0.444 e. The highest BCUT2D eigenvalue weighted by molar-refractivity contribution is 8.00. The van der Waals surface area contributed by atoms with E-state index in [0.29, 0.717) is 66.5 Å². The number of oxazole rings is 1. The maximum absolute atomic E-state index is 12.6. The van der Waals surface area contributed by atoms with Crippen molar-refractivity contribution in [2.45, 2.75) is 115 Å². The number of aryl methyl sites for hydroxylation is 1. The molecule has 0 radical (unpaired) electrons. The van der Waals surface area contributed by atoms with Gasteiger partial charge >= 0.3 is 0 Å². The molecular weight excluding hydrogens is 810 g/mol. The van der Waals surface area contributed by atoms with Gasteiger partial charge in [-0.1, -0.05) is 69.7 Å². The van der Waals surface area contributed by atoms with Crippen LogP contribution in [0.2, 0.25) is 5.02 Å². The number of nitrogens with zero attached hydrogens (tertiary/aromatic N) is 5. The van der Waals surface area contributed by atoms with Gasteiger partial charge < -0.3 is 30.2 Å². The number of thioether (sulfide) groups is 1. The lowest BCUT2D eigenvalue weighted by Gasteiger charge is -2.34. The number of hydrogen-bond donors (Lipinski definition) is 4. The normalized spacial score (nSPS) is 15.2. The summed E-state index contributed by atoms with van der Waals surface area (Å²) in [5.41, 5.74) is 3.07. The predicted molar refractivity (Wildman–Crippen MR) is 236 cm³/mol. The molecule has 0 atom stereocenters. The van der Waals surface area contributed by atoms with E-state index in [1.807, 2.05) is 37.8 Å². The minimum atomic E-state index is -0.227. The van der Waals surface area contributed by atoms with Crippen molar-refractivity contribution in [3.05, 3.63) is 70.3 Å². The van der Waals surface area contributed by atoms with Crippen molar-refractivity contribution in [1.29, 1.82) is 0 Å². The molecular formula is C42H60ClN9O5S2. The summed E-state index contributed by atoms with van der Waals surface area (Å²) in [6.45, 7) is 21.8. The van der Waals surface area contributed by atoms with Gasteiger partial charge in [0.05, 0.1) is 34.2 Å². The highest BCUT2D eigenvalue weighted by atomic mass is 35.5. The van der Waals surface area contributed by atoms with Gasteiger partial charge in [0.15, 0.2) is 5.13 Å². The second kappa shape index (κ2) is 22.4. The highest BCUT2D eigenvalue weighted by Crippen LogP contribution is 2.32. The van der Waals surface area contributed by atoms with Gasteiger partial charge in [-0.25, -0.2) is 9.97 Å². The number of thiazole rings is 1. The van der Waals surface area contributed by atoms with Gasteiger partial charge in [0.2, 0.25) is 24.1 Å². The van der Waals surface area contributed by atoms with Crippen molar-refractivity contribution in [3.63, 3.8) is 0 Å². The molecule has 0 spiro atoms. The van der Waals surface area contributed by atoms with Gasteiger partial charge in [-0.3, -0.25) is 24.3 Å². The van der Waals surface area contributed by atoms with E-state index < -0.39 is 0 Å². The number of aromatic amines is 1. The Morgan fingerprint density at radius 3 is 2.29 bits per heavy atom. The van der Waals surface area contributed by atoms with Crippen LogP contribution in [0.1, 0.15) is 107 Å². The molecule has 59 heavy (non-hydrogen) atoms. The summed E-state index contributed by atoms with van der Waals surface area (Å²) in [5.74, 6) is 2.02. The van der Waals surface area contributed by atoms with Crippen LogP contribution in [-0.2, 0) is 25.6 Å². The molecule has 0 aliphatic carbocycles. The first-order valence-electron chi connectivity index (χ1n) is 20.1. The smallest absolute Gasteiger partial charge is 0.271 e. The van der Waals surface area contributed by atoms with Gasteiger partial charge in [0.25, 0.3) is 5.91 Å². The molecule has 2 aliphatic heterocycles. The number of benzene rings is 1. The molecule has 2 fully saturated rings. The summed E-state index contributed by atoms with van der Waals surface area (Å²) in [7, 11) is 0. The molecule has 0 unspecified atom stereocenters. The summed E-state index contributed by atoms with van der Waals surface area (Å²) in [4.78, 5) is 60.2. The molecule has 4 N–H and O–H groups in total. The number of carbonyl (C=O) groups is 4. The molecule has 14 nitrogen and oxygen atoms in total. The van der Waals surface area contributed by atoms with Crippen LogP contribution in [-0.4, -0.2) is 92.4 Å². The van der Waals surface area contributed by atoms with E-state index >= 15 is 0 Å². The molecule has 0 saturated carbocycles. The molecule has 6 rings (SSSR count). The Morgan fingerprint density at radius 2 is 1.71 bits per heavy atom. The van der Waals surface area contributed by atoms with Crippen LogP contribution in [0, 0.1) is 25.7 Å². The Morgan fingerprint density at radius 1 is 1.02 bits per heavy atom. The molecule has 4 aromatic rings. The minimum absolute atomic E-state index is 0.00181. The number of carbonyl (C=O) groups excluding carboxylic acids is 4. The van der Waals surface area contributed by atoms with E-state index in [1.165, 1.54) is 28.7 Å². The average Bonchev–Trinajstić information content (AvgIpc) is 3.99. The van der Waals surface area contributed by atoms with Crippen molar-refractivity contribution < 1.29 is 23.6 Å². The molecule has 322 valence electrons. The van der Waals surface area contributed by atoms with Crippen molar-refractivity contribution in [2.24, 2.45) is 11.8 Å². The molecule has 4 amide bonds. The Hall–Kier alpha value is -4.25. The zero-order valence-corrected chi connectivity index (χ0v) is 38.1. The third-order valence-corrected chi connectivity index (χ3v) is 12.7. The zero-order valence-electron chi connectivity index (χ0n) is 35.7. The quantitative estimate of drug-likeness (QED) is 0.0851. The number of amides is 4. The zero-order chi connectivity index (χ0) is 43.3. The molecule has 3 aromatic heterocycles. The summed E-state index contributed by atoms with van der Waals surface area (Å²) < 4.78 is 6.81. The van der Waals surface area contributed by atoms with Crippen LogP contribution < -0.4 is 16.0 Å². The fourth-order valence-corrected chi connectivity index (χ4v) is 8.29. The van der Waals surface area contributed by atoms with Gasteiger partial charge in [-0.15, -0.1) is 11.8 Å². The summed E-state index contributed by atoms with van der Waals surface area (Å²) in [6.07, 6.45) is 8.77. The SMILES string of the molecule is CC(C)C(=O)N1CCC(C(=O)Nc2ncc(SCc3ncc(C(C)(C)C)o3)s2)CC1.CC(C)N1CCC(NC(=O)c2[nH]ncc2NC=O)CC1.Cc1cccc(Cl)c1C. The fraction of sp³-hybridized carbons (Fsp3) is 0.548. The van der Waals surface area contributed by atoms with Crippen molar-refractivity contribution >= 4 is 69.7 Å². The number of nitrogens with one attached hydrogen (secondary N) is 4. The lowest BCUT2D eigenvalue weighted by Crippen LogP contribution is -2.46. The monoisotopic (exact) mass is 869 g/mol. The molecule has 1 aromatic carbocycles. The Bertz CT molecular complexity index is 1950. The maximum Gasteiger partial charge on any atom is 0.271 e. The lowest BCUT2D eigenvalue weighted by atomic mass is 9.94. The summed E-state index contributed by atoms with van der Waals surface area (Å²) in [5, 5.41) is 16.2. The van der Waals surface area contributed by atoms with Gasteiger partial charge in [0, 0.05) is 60.5 Å². The Kier molecular flexibility index (Phi) is 18.0. The summed E-state index contributed by atoms with van der Waals surface area (Å²) >= 11 is 8.86. The molecule has 2 saturated heterocycles. The Labute approximate surface area is 361 Å². The van der Waals surface area contributed by atoms with Crippen LogP contribution in [0.25, 0.3) is 0 Å². The van der Waals surface area contributed by atoms with Crippen LogP contribution in [0.5, 0.6) is 0 Å². The summed E-state index contributed by atoms with van der Waals surface area (Å²) in [6, 6.07) is 6.64. The third-order valence-electron chi connectivity index (χ3n) is 10.2. The predicted octanol–water partition coefficient (Wildman–Crippen LogP) is 8.09. The first kappa shape index (κ1) is 47.4. The van der Waals surface area contributed by atoms with Gasteiger partial charge in [-0.05, 0) is 70.6 Å². The van der Waals surface area contributed by atoms with Crippen molar-refractivity contribution in [1.82, 2.24) is 35.3 Å². The van der Waals surface area contributed by atoms with Crippen molar-refractivity contribution in [2.75, 3.05) is 36.8 Å². The second-order valence-electron chi connectivity index (χ2n) is 16.4. The third kappa shape index (κ3) is 14.5. The van der Waals surface area contributed by atoms with E-state index in [9.17, 15) is 19.2 Å². The first-order chi connectivity index (χ1) is 28.0. The number of likely N-dealkylation sites (tertiary alicyclic amines) is 2. The van der Waals surface area contributed by atoms with Crippen LogP contribution in [0.15, 0.2) is 45.4 Å². The number of piperidine rings is 2. The topological polar surface area (TPSA) is 178 Å². The molecule has 2 aliphatic rings. The highest BCUT2D eigenvalue weighted by Gasteiger charge is 2.29. The van der Waals surface area contributed by atoms with Gasteiger partial charge in [-0.2, -0.15) is 5.10 Å². The van der Waals surface area contributed by atoms with E-state index in [-0.39, 0.29) is 41.0 Å². The standard InChI is InChI=1S/C21H30N4O3S2.C13H21N5O2.C8H9Cl/c1-13(2)19(27)25-8-6-14(7-9-25)18(26)24-20-23-11-17(30-20)29-12-16-22-10-15(28-16)21(3,4)5;1-9(2)18-5-3-10(4-6-18)16-13(20)12-11(14-8-19)7-15-17-12;1-6-4-3-5-8(9)7(6)2/h10-11,13-14H,6-9,12H2,1-5H3,(H,23,24,26);7-10H,3-6H2,1-2H3,(H,14,19)(H,15,17)(H,16,20);3-5H,1-2H3. The van der Waals surface area contributed by atoms with Crippen LogP contribution >= 0.6 is 34.7 Å². The lowest BCUT2D eigenvalue weighted by molar-refractivity contribution is -0.137. The number of hydrogen-bond acceptors (Lipinski definition) is 11. The number of H-pyrrole nitrogens is 1. The van der Waals surface area contributed by atoms with Gasteiger partial charge in [0.1, 0.15) is 11.5 Å². The number of rotatable bonds is 11. The van der Waals surface area contributed by atoms with E-state index in [0.717, 1.165) is 40.9 Å². The Balaban J connectivity index is 0.000000226. The maximum atomic E-state index is 12.6. The van der Waals surface area contributed by atoms with Crippen LogP contribution in [0.4, 0.5) is 10.8 Å². The number of anilines is 2. The van der Waals surface area contributed by atoms with E-state index in [2.05, 4.69) is 88.6 Å². The molecule has 17 heteroatoms. The largest absolute Gasteiger partial charge is 0.444 e. The average molecular weight is 871 g/mol. The van der Waals surface area contributed by atoms with E-state index in [4.69, 9.17) is 16.0 Å².